The predicted octanol–water partition coefficient (Wildman–Crippen LogP) is 4.20. The zero-order valence-corrected chi connectivity index (χ0v) is 14.8. The Bertz CT molecular complexity index is 651. The number of carbonyl (C=O) groups is 1. The van der Waals surface area contributed by atoms with Crippen LogP contribution in [-0.4, -0.2) is 47.9 Å². The summed E-state index contributed by atoms with van der Waals surface area (Å²) < 4.78 is 38.3. The molecule has 0 N–H and O–H groups in total. The van der Waals surface area contributed by atoms with Gasteiger partial charge in [0.05, 0.1) is 5.56 Å². The average Bonchev–Trinajstić information content (AvgIpc) is 3.08. The molecule has 2 heterocycles. The second-order valence-corrected chi connectivity index (χ2v) is 7.15. The van der Waals surface area contributed by atoms with Crippen LogP contribution in [0.3, 0.4) is 0 Å². The van der Waals surface area contributed by atoms with E-state index < -0.39 is 11.7 Å². The molecule has 3 nitrogen and oxygen atoms in total. The van der Waals surface area contributed by atoms with Crippen LogP contribution in [0.25, 0.3) is 6.08 Å². The van der Waals surface area contributed by atoms with Crippen molar-refractivity contribution in [3.8, 4) is 0 Å². The van der Waals surface area contributed by atoms with Crippen LogP contribution in [0.15, 0.2) is 30.3 Å². The highest BCUT2D eigenvalue weighted by Crippen LogP contribution is 2.29. The second kappa shape index (κ2) is 8.25. The second-order valence-electron chi connectivity index (χ2n) is 7.15. The maximum absolute atomic E-state index is 12.8. The molecule has 0 bridgehead atoms. The lowest BCUT2D eigenvalue weighted by molar-refractivity contribution is -0.137. The van der Waals surface area contributed by atoms with Gasteiger partial charge in [0.15, 0.2) is 0 Å². The summed E-state index contributed by atoms with van der Waals surface area (Å²) in [5.41, 5.74) is -0.309. The molecule has 1 amide bonds. The van der Waals surface area contributed by atoms with E-state index in [4.69, 9.17) is 0 Å². The van der Waals surface area contributed by atoms with E-state index in [2.05, 4.69) is 4.90 Å². The number of amides is 1. The molecule has 1 atom stereocenters. The molecule has 0 aliphatic carbocycles. The van der Waals surface area contributed by atoms with E-state index in [0.29, 0.717) is 5.56 Å². The predicted molar refractivity (Wildman–Crippen MR) is 95.5 cm³/mol. The first-order valence-electron chi connectivity index (χ1n) is 9.32. The smallest absolute Gasteiger partial charge is 0.335 e. The van der Waals surface area contributed by atoms with Gasteiger partial charge in [0.25, 0.3) is 0 Å². The number of hydrogen-bond donors (Lipinski definition) is 0. The molecule has 2 aliphatic heterocycles. The normalized spacial score (nSPS) is 22.3. The molecular formula is C20H25F3N2O. The van der Waals surface area contributed by atoms with Gasteiger partial charge >= 0.3 is 6.18 Å². The van der Waals surface area contributed by atoms with Gasteiger partial charge in [-0.2, -0.15) is 13.2 Å². The average molecular weight is 366 g/mol. The van der Waals surface area contributed by atoms with Crippen molar-refractivity contribution in [3.63, 3.8) is 0 Å². The van der Waals surface area contributed by atoms with Gasteiger partial charge in [-0.25, -0.2) is 0 Å². The molecule has 0 unspecified atom stereocenters. The highest BCUT2D eigenvalue weighted by Gasteiger charge is 2.31. The van der Waals surface area contributed by atoms with Crippen molar-refractivity contribution in [3.05, 3.63) is 41.5 Å². The quantitative estimate of drug-likeness (QED) is 0.746. The van der Waals surface area contributed by atoms with Gasteiger partial charge < -0.3 is 9.80 Å². The van der Waals surface area contributed by atoms with Crippen molar-refractivity contribution in [2.45, 2.75) is 44.3 Å². The molecule has 2 aliphatic rings. The summed E-state index contributed by atoms with van der Waals surface area (Å²) in [6.07, 6.45) is 4.22. The summed E-state index contributed by atoms with van der Waals surface area (Å²) in [6, 6.07) is 5.26. The number of rotatable bonds is 4. The topological polar surface area (TPSA) is 23.6 Å². The Morgan fingerprint density at radius 3 is 2.62 bits per heavy atom. The Morgan fingerprint density at radius 1 is 1.12 bits per heavy atom. The third kappa shape index (κ3) is 4.87. The fourth-order valence-electron chi connectivity index (χ4n) is 3.84. The summed E-state index contributed by atoms with van der Waals surface area (Å²) in [6.45, 7) is 3.82. The van der Waals surface area contributed by atoms with Crippen molar-refractivity contribution in [2.24, 2.45) is 0 Å². The fourth-order valence-corrected chi connectivity index (χ4v) is 3.84. The lowest BCUT2D eigenvalue weighted by atomic mass is 10.1. The molecule has 2 saturated heterocycles. The van der Waals surface area contributed by atoms with Gasteiger partial charge in [-0.05, 0) is 62.5 Å². The van der Waals surface area contributed by atoms with Crippen LogP contribution in [0.2, 0.25) is 0 Å². The molecule has 26 heavy (non-hydrogen) atoms. The number of likely N-dealkylation sites (tertiary alicyclic amines) is 2. The fraction of sp³-hybridized carbons (Fsp3) is 0.550. The maximum atomic E-state index is 12.8. The van der Waals surface area contributed by atoms with Crippen molar-refractivity contribution in [2.75, 3.05) is 26.2 Å². The number of piperidine rings is 1. The number of alkyl halides is 3. The molecule has 0 radical (unpaired) electrons. The van der Waals surface area contributed by atoms with Crippen molar-refractivity contribution >= 4 is 12.0 Å². The number of halogens is 3. The van der Waals surface area contributed by atoms with Gasteiger partial charge in [-0.3, -0.25) is 4.79 Å². The van der Waals surface area contributed by atoms with Crippen LogP contribution in [-0.2, 0) is 11.0 Å². The monoisotopic (exact) mass is 366 g/mol. The minimum Gasteiger partial charge on any atom is -0.335 e. The first-order chi connectivity index (χ1) is 12.4. The Morgan fingerprint density at radius 2 is 1.88 bits per heavy atom. The van der Waals surface area contributed by atoms with Crippen molar-refractivity contribution in [1.29, 1.82) is 0 Å². The van der Waals surface area contributed by atoms with Crippen LogP contribution in [0.4, 0.5) is 13.2 Å². The summed E-state index contributed by atoms with van der Waals surface area (Å²) in [4.78, 5) is 16.9. The molecule has 1 aromatic carbocycles. The molecule has 2 fully saturated rings. The van der Waals surface area contributed by atoms with Gasteiger partial charge in [0, 0.05) is 25.2 Å². The van der Waals surface area contributed by atoms with Crippen LogP contribution in [0, 0.1) is 0 Å². The zero-order chi connectivity index (χ0) is 18.6. The standard InChI is InChI=1S/C20H25F3N2O/c21-20(22,23)17-7-4-6-16(14-17)9-10-19(26)25-13-5-8-18(25)15-24-11-2-1-3-12-24/h4,6-7,9-10,14,18H,1-3,5,8,11-13,15H2/t18-/m0/s1. The first-order valence-corrected chi connectivity index (χ1v) is 9.32. The van der Waals surface area contributed by atoms with Gasteiger partial charge in [0.1, 0.15) is 0 Å². The third-order valence-corrected chi connectivity index (χ3v) is 5.21. The third-order valence-electron chi connectivity index (χ3n) is 5.21. The molecule has 0 saturated carbocycles. The van der Waals surface area contributed by atoms with Gasteiger partial charge in [0.2, 0.25) is 5.91 Å². The maximum Gasteiger partial charge on any atom is 0.416 e. The van der Waals surface area contributed by atoms with Crippen LogP contribution >= 0.6 is 0 Å². The molecular weight excluding hydrogens is 341 g/mol. The largest absolute Gasteiger partial charge is 0.416 e. The molecule has 0 spiro atoms. The Hall–Kier alpha value is -1.82. The van der Waals surface area contributed by atoms with Crippen LogP contribution in [0.5, 0.6) is 0 Å². The van der Waals surface area contributed by atoms with E-state index in [-0.39, 0.29) is 11.9 Å². The van der Waals surface area contributed by atoms with E-state index in [1.165, 1.54) is 37.5 Å². The lowest BCUT2D eigenvalue weighted by Crippen LogP contribution is -2.44. The first kappa shape index (κ1) is 19.0. The number of benzene rings is 1. The minimum atomic E-state index is -4.37. The number of carbonyl (C=O) groups excluding carboxylic acids is 1. The van der Waals surface area contributed by atoms with Gasteiger partial charge in [-0.1, -0.05) is 18.6 Å². The molecule has 1 aromatic rings. The number of hydrogen-bond acceptors (Lipinski definition) is 2. The van der Waals surface area contributed by atoms with E-state index in [1.54, 1.807) is 6.07 Å². The Labute approximate surface area is 152 Å². The summed E-state index contributed by atoms with van der Waals surface area (Å²) in [5, 5.41) is 0. The minimum absolute atomic E-state index is 0.109. The van der Waals surface area contributed by atoms with E-state index in [9.17, 15) is 18.0 Å². The van der Waals surface area contributed by atoms with Crippen LogP contribution in [0.1, 0.15) is 43.2 Å². The van der Waals surface area contributed by atoms with E-state index >= 15 is 0 Å². The highest BCUT2D eigenvalue weighted by molar-refractivity contribution is 5.92. The summed E-state index contributed by atoms with van der Waals surface area (Å²) in [7, 11) is 0. The van der Waals surface area contributed by atoms with Gasteiger partial charge in [-0.15, -0.1) is 0 Å². The highest BCUT2D eigenvalue weighted by atomic mass is 19.4. The zero-order valence-electron chi connectivity index (χ0n) is 14.8. The SMILES string of the molecule is O=C(C=Cc1cccc(C(F)(F)F)c1)N1CCC[C@H]1CN1CCCCC1. The Balaban J connectivity index is 1.62. The summed E-state index contributed by atoms with van der Waals surface area (Å²) >= 11 is 0. The lowest BCUT2D eigenvalue weighted by Gasteiger charge is -2.32. The van der Waals surface area contributed by atoms with E-state index in [0.717, 1.165) is 51.2 Å². The number of nitrogens with zero attached hydrogens (tertiary/aromatic N) is 2. The summed E-state index contributed by atoms with van der Waals surface area (Å²) in [5.74, 6) is -0.109. The molecule has 6 heteroatoms. The molecule has 142 valence electrons. The van der Waals surface area contributed by atoms with Crippen molar-refractivity contribution in [1.82, 2.24) is 9.80 Å². The molecule has 0 aromatic heterocycles. The van der Waals surface area contributed by atoms with Crippen LogP contribution < -0.4 is 0 Å². The van der Waals surface area contributed by atoms with E-state index in [1.807, 2.05) is 4.90 Å². The van der Waals surface area contributed by atoms with Crippen molar-refractivity contribution < 1.29 is 18.0 Å². The molecule has 3 rings (SSSR count). The Kier molecular flexibility index (Phi) is 6.01.